The van der Waals surface area contributed by atoms with E-state index in [4.69, 9.17) is 9.84 Å². The lowest BCUT2D eigenvalue weighted by Crippen LogP contribution is -1.92. The van der Waals surface area contributed by atoms with Crippen molar-refractivity contribution in [2.45, 2.75) is 6.92 Å². The molecule has 0 saturated carbocycles. The standard InChI is InChI=1S/C16H13FO3/c1-11-6-8-14(12(10-11)7-9-16(18)19)20-15-5-3-2-4-13(15)17/h2-10H,1H3,(H,18,19)/b9-7+. The lowest BCUT2D eigenvalue weighted by molar-refractivity contribution is -0.131. The monoisotopic (exact) mass is 272 g/mol. The first-order valence-electron chi connectivity index (χ1n) is 6.00. The summed E-state index contributed by atoms with van der Waals surface area (Å²) in [4.78, 5) is 10.6. The summed E-state index contributed by atoms with van der Waals surface area (Å²) < 4.78 is 19.1. The lowest BCUT2D eigenvalue weighted by Gasteiger charge is -2.10. The van der Waals surface area contributed by atoms with Crippen molar-refractivity contribution in [2.24, 2.45) is 0 Å². The van der Waals surface area contributed by atoms with Gasteiger partial charge < -0.3 is 9.84 Å². The molecule has 0 aliphatic carbocycles. The van der Waals surface area contributed by atoms with Crippen molar-refractivity contribution < 1.29 is 19.0 Å². The van der Waals surface area contributed by atoms with Gasteiger partial charge in [-0.3, -0.25) is 0 Å². The van der Waals surface area contributed by atoms with Crippen LogP contribution in [0.2, 0.25) is 0 Å². The molecule has 0 aliphatic rings. The molecule has 0 fully saturated rings. The topological polar surface area (TPSA) is 46.5 Å². The van der Waals surface area contributed by atoms with Crippen LogP contribution in [0.15, 0.2) is 48.5 Å². The number of carboxylic acid groups (broad SMARTS) is 1. The maximum absolute atomic E-state index is 13.6. The Bertz CT molecular complexity index is 663. The molecule has 3 nitrogen and oxygen atoms in total. The van der Waals surface area contributed by atoms with E-state index >= 15 is 0 Å². The first-order valence-corrected chi connectivity index (χ1v) is 6.00. The molecule has 0 aliphatic heterocycles. The van der Waals surface area contributed by atoms with Crippen LogP contribution in [0, 0.1) is 12.7 Å². The fourth-order valence-corrected chi connectivity index (χ4v) is 1.70. The Morgan fingerprint density at radius 3 is 2.65 bits per heavy atom. The van der Waals surface area contributed by atoms with Crippen molar-refractivity contribution >= 4 is 12.0 Å². The molecule has 20 heavy (non-hydrogen) atoms. The van der Waals surface area contributed by atoms with E-state index in [0.29, 0.717) is 11.3 Å². The molecule has 0 unspecified atom stereocenters. The summed E-state index contributed by atoms with van der Waals surface area (Å²) in [5, 5.41) is 8.68. The predicted molar refractivity (Wildman–Crippen MR) is 74.3 cm³/mol. The van der Waals surface area contributed by atoms with E-state index in [2.05, 4.69) is 0 Å². The van der Waals surface area contributed by atoms with Crippen molar-refractivity contribution in [2.75, 3.05) is 0 Å². The second-order valence-corrected chi connectivity index (χ2v) is 4.25. The molecule has 0 atom stereocenters. The quantitative estimate of drug-likeness (QED) is 0.855. The van der Waals surface area contributed by atoms with Crippen LogP contribution in [0.3, 0.4) is 0 Å². The first-order chi connectivity index (χ1) is 9.56. The zero-order valence-electron chi connectivity index (χ0n) is 10.8. The van der Waals surface area contributed by atoms with Crippen molar-refractivity contribution in [1.29, 1.82) is 0 Å². The molecule has 0 saturated heterocycles. The van der Waals surface area contributed by atoms with E-state index in [0.717, 1.165) is 11.6 Å². The van der Waals surface area contributed by atoms with Gasteiger partial charge in [0.1, 0.15) is 5.75 Å². The second-order valence-electron chi connectivity index (χ2n) is 4.25. The van der Waals surface area contributed by atoms with Crippen LogP contribution in [-0.2, 0) is 4.79 Å². The van der Waals surface area contributed by atoms with Crippen LogP contribution in [-0.4, -0.2) is 11.1 Å². The van der Waals surface area contributed by atoms with E-state index in [9.17, 15) is 9.18 Å². The Balaban J connectivity index is 2.36. The number of aryl methyl sites for hydroxylation is 1. The van der Waals surface area contributed by atoms with Gasteiger partial charge in [-0.15, -0.1) is 0 Å². The minimum atomic E-state index is -1.05. The minimum Gasteiger partial charge on any atom is -0.478 e. The number of rotatable bonds is 4. The molecular weight excluding hydrogens is 259 g/mol. The summed E-state index contributed by atoms with van der Waals surface area (Å²) in [6.45, 7) is 1.88. The summed E-state index contributed by atoms with van der Waals surface area (Å²) in [6, 6.07) is 11.3. The van der Waals surface area contributed by atoms with E-state index in [1.807, 2.05) is 13.0 Å². The highest BCUT2D eigenvalue weighted by Gasteiger charge is 2.07. The number of benzene rings is 2. The van der Waals surface area contributed by atoms with Gasteiger partial charge in [0, 0.05) is 11.6 Å². The molecule has 2 rings (SSSR count). The maximum Gasteiger partial charge on any atom is 0.328 e. The number of carbonyl (C=O) groups is 1. The molecular formula is C16H13FO3. The highest BCUT2D eigenvalue weighted by Crippen LogP contribution is 2.28. The molecule has 4 heteroatoms. The van der Waals surface area contributed by atoms with Gasteiger partial charge in [0.2, 0.25) is 0 Å². The van der Waals surface area contributed by atoms with Crippen molar-refractivity contribution in [3.63, 3.8) is 0 Å². The maximum atomic E-state index is 13.6. The molecule has 0 aromatic heterocycles. The lowest BCUT2D eigenvalue weighted by atomic mass is 10.1. The number of ether oxygens (including phenoxy) is 1. The van der Waals surface area contributed by atoms with Crippen LogP contribution in [0.1, 0.15) is 11.1 Å². The van der Waals surface area contributed by atoms with Gasteiger partial charge in [0.15, 0.2) is 11.6 Å². The van der Waals surface area contributed by atoms with Gasteiger partial charge in [-0.1, -0.05) is 23.8 Å². The zero-order chi connectivity index (χ0) is 14.5. The molecule has 102 valence electrons. The molecule has 0 amide bonds. The summed E-state index contributed by atoms with van der Waals surface area (Å²) >= 11 is 0. The van der Waals surface area contributed by atoms with Crippen molar-refractivity contribution in [3.05, 3.63) is 65.5 Å². The van der Waals surface area contributed by atoms with Crippen LogP contribution in [0.4, 0.5) is 4.39 Å². The van der Waals surface area contributed by atoms with Gasteiger partial charge >= 0.3 is 5.97 Å². The fourth-order valence-electron chi connectivity index (χ4n) is 1.70. The SMILES string of the molecule is Cc1ccc(Oc2ccccc2F)c(/C=C/C(=O)O)c1. The average molecular weight is 272 g/mol. The van der Waals surface area contributed by atoms with Gasteiger partial charge in [0.25, 0.3) is 0 Å². The first kappa shape index (κ1) is 13.8. The highest BCUT2D eigenvalue weighted by atomic mass is 19.1. The number of carboxylic acids is 1. The average Bonchev–Trinajstić information content (AvgIpc) is 2.41. The summed E-state index contributed by atoms with van der Waals surface area (Å²) in [7, 11) is 0. The Morgan fingerprint density at radius 1 is 1.20 bits per heavy atom. The van der Waals surface area contributed by atoms with Gasteiger partial charge in [-0.25, -0.2) is 9.18 Å². The molecule has 2 aromatic rings. The van der Waals surface area contributed by atoms with Crippen molar-refractivity contribution in [1.82, 2.24) is 0 Å². The molecule has 0 spiro atoms. The molecule has 0 bridgehead atoms. The molecule has 0 radical (unpaired) electrons. The number of hydrogen-bond acceptors (Lipinski definition) is 2. The zero-order valence-corrected chi connectivity index (χ0v) is 10.8. The molecule has 1 N–H and O–H groups in total. The predicted octanol–water partition coefficient (Wildman–Crippen LogP) is 4.02. The smallest absolute Gasteiger partial charge is 0.328 e. The van der Waals surface area contributed by atoms with Gasteiger partial charge in [-0.05, 0) is 37.3 Å². The Hall–Kier alpha value is -2.62. The van der Waals surface area contributed by atoms with E-state index in [1.165, 1.54) is 18.2 Å². The minimum absolute atomic E-state index is 0.0985. The van der Waals surface area contributed by atoms with Crippen LogP contribution >= 0.6 is 0 Å². The summed E-state index contributed by atoms with van der Waals surface area (Å²) in [5.74, 6) is -1.02. The Morgan fingerprint density at radius 2 is 1.95 bits per heavy atom. The number of para-hydroxylation sites is 1. The van der Waals surface area contributed by atoms with Gasteiger partial charge in [0.05, 0.1) is 0 Å². The number of halogens is 1. The van der Waals surface area contributed by atoms with E-state index < -0.39 is 11.8 Å². The van der Waals surface area contributed by atoms with E-state index in [1.54, 1.807) is 24.3 Å². The van der Waals surface area contributed by atoms with Crippen molar-refractivity contribution in [3.8, 4) is 11.5 Å². The molecule has 2 aromatic carbocycles. The third kappa shape index (κ3) is 3.45. The molecule has 0 heterocycles. The van der Waals surface area contributed by atoms with Gasteiger partial charge in [-0.2, -0.15) is 0 Å². The Kier molecular flexibility index (Phi) is 4.15. The second kappa shape index (κ2) is 6.02. The number of aliphatic carboxylic acids is 1. The normalized spacial score (nSPS) is 10.7. The third-order valence-electron chi connectivity index (χ3n) is 2.63. The van der Waals surface area contributed by atoms with E-state index in [-0.39, 0.29) is 5.75 Å². The van der Waals surface area contributed by atoms with Crippen LogP contribution in [0.5, 0.6) is 11.5 Å². The van der Waals surface area contributed by atoms with Crippen LogP contribution < -0.4 is 4.74 Å². The summed E-state index contributed by atoms with van der Waals surface area (Å²) in [5.41, 5.74) is 1.53. The third-order valence-corrected chi connectivity index (χ3v) is 2.63. The number of hydrogen-bond donors (Lipinski definition) is 1. The Labute approximate surface area is 115 Å². The largest absolute Gasteiger partial charge is 0.478 e. The van der Waals surface area contributed by atoms with Crippen LogP contribution in [0.25, 0.3) is 6.08 Å². The fraction of sp³-hybridized carbons (Fsp3) is 0.0625. The summed E-state index contributed by atoms with van der Waals surface area (Å²) in [6.07, 6.45) is 2.44. The highest BCUT2D eigenvalue weighted by molar-refractivity contribution is 5.86.